The fourth-order valence-electron chi connectivity index (χ4n) is 2.24. The minimum atomic E-state index is -0.519. The van der Waals surface area contributed by atoms with Crippen molar-refractivity contribution >= 4 is 23.3 Å². The molecular weight excluding hydrogens is 352 g/mol. The Hall–Kier alpha value is -3.95. The average molecular weight is 368 g/mol. The van der Waals surface area contributed by atoms with Gasteiger partial charge < -0.3 is 20.5 Å². The summed E-state index contributed by atoms with van der Waals surface area (Å²) in [5, 5.41) is 14.0. The molecule has 10 nitrogen and oxygen atoms in total. The zero-order valence-electron chi connectivity index (χ0n) is 14.3. The lowest BCUT2D eigenvalue weighted by molar-refractivity contribution is -0.385. The summed E-state index contributed by atoms with van der Waals surface area (Å²) >= 11 is 0. The first kappa shape index (κ1) is 17.9. The number of rotatable bonds is 7. The maximum Gasteiger partial charge on any atom is 0.273 e. The molecule has 10 heteroatoms. The molecule has 0 atom stereocenters. The van der Waals surface area contributed by atoms with Crippen LogP contribution in [0.3, 0.4) is 0 Å². The van der Waals surface area contributed by atoms with Crippen molar-refractivity contribution in [2.75, 3.05) is 18.2 Å². The van der Waals surface area contributed by atoms with Crippen molar-refractivity contribution in [1.29, 1.82) is 0 Å². The Morgan fingerprint density at radius 3 is 2.59 bits per heavy atom. The van der Waals surface area contributed by atoms with Crippen LogP contribution in [0.4, 0.5) is 23.3 Å². The first-order valence-electron chi connectivity index (χ1n) is 7.83. The van der Waals surface area contributed by atoms with E-state index in [2.05, 4.69) is 20.3 Å². The molecule has 0 bridgehead atoms. The fraction of sp³-hybridized carbons (Fsp3) is 0.118. The molecule has 0 saturated heterocycles. The Morgan fingerprint density at radius 2 is 1.89 bits per heavy atom. The number of hydrogen-bond donors (Lipinski definition) is 2. The molecule has 3 rings (SSSR count). The van der Waals surface area contributed by atoms with Gasteiger partial charge in [0, 0.05) is 11.8 Å². The zero-order valence-corrected chi connectivity index (χ0v) is 14.3. The second-order valence-electron chi connectivity index (χ2n) is 5.31. The number of anilines is 3. The van der Waals surface area contributed by atoms with Gasteiger partial charge in [-0.1, -0.05) is 18.2 Å². The third-order valence-corrected chi connectivity index (χ3v) is 3.44. The van der Waals surface area contributed by atoms with Gasteiger partial charge in [0.1, 0.15) is 6.61 Å². The van der Waals surface area contributed by atoms with Crippen LogP contribution >= 0.6 is 0 Å². The lowest BCUT2D eigenvalue weighted by atomic mass is 10.3. The van der Waals surface area contributed by atoms with E-state index in [1.165, 1.54) is 25.3 Å². The number of hydrogen-bond acceptors (Lipinski definition) is 9. The van der Waals surface area contributed by atoms with E-state index in [0.29, 0.717) is 5.75 Å². The molecule has 0 aliphatic heterocycles. The molecule has 0 spiro atoms. The molecule has 138 valence electrons. The number of nitrogens with one attached hydrogen (secondary N) is 1. The van der Waals surface area contributed by atoms with Gasteiger partial charge in [0.2, 0.25) is 11.9 Å². The maximum absolute atomic E-state index is 10.9. The van der Waals surface area contributed by atoms with Gasteiger partial charge >= 0.3 is 0 Å². The lowest BCUT2D eigenvalue weighted by Crippen LogP contribution is -2.09. The van der Waals surface area contributed by atoms with E-state index in [1.807, 2.05) is 30.3 Å². The van der Waals surface area contributed by atoms with E-state index >= 15 is 0 Å². The second kappa shape index (κ2) is 7.95. The highest BCUT2D eigenvalue weighted by molar-refractivity contribution is 5.53. The minimum absolute atomic E-state index is 0.0213. The molecule has 0 radical (unpaired) electrons. The van der Waals surface area contributed by atoms with Gasteiger partial charge in [-0.25, -0.2) is 0 Å². The van der Waals surface area contributed by atoms with Crippen LogP contribution in [0.5, 0.6) is 11.5 Å². The van der Waals surface area contributed by atoms with Crippen molar-refractivity contribution in [3.63, 3.8) is 0 Å². The first-order chi connectivity index (χ1) is 13.0. The van der Waals surface area contributed by atoms with Crippen molar-refractivity contribution in [1.82, 2.24) is 15.0 Å². The Bertz CT molecular complexity index is 951. The highest BCUT2D eigenvalue weighted by Gasteiger charge is 2.14. The number of nitro benzene ring substituents is 1. The molecule has 0 saturated carbocycles. The van der Waals surface area contributed by atoms with Crippen LogP contribution in [0.25, 0.3) is 0 Å². The third kappa shape index (κ3) is 4.57. The molecule has 0 aliphatic carbocycles. The van der Waals surface area contributed by atoms with Crippen LogP contribution in [0.2, 0.25) is 0 Å². The summed E-state index contributed by atoms with van der Waals surface area (Å²) in [6, 6.07) is 13.4. The van der Waals surface area contributed by atoms with Gasteiger partial charge in [-0.3, -0.25) is 10.1 Å². The Balaban J connectivity index is 1.78. The summed E-state index contributed by atoms with van der Waals surface area (Å²) in [7, 11) is 1.44. The number of methoxy groups -OCH3 is 1. The van der Waals surface area contributed by atoms with E-state index in [1.54, 1.807) is 0 Å². The number of non-ortho nitro benzene ring substituents is 1. The van der Waals surface area contributed by atoms with Crippen LogP contribution in [0.15, 0.2) is 48.5 Å². The van der Waals surface area contributed by atoms with Crippen molar-refractivity contribution in [2.24, 2.45) is 0 Å². The molecule has 0 aliphatic rings. The van der Waals surface area contributed by atoms with Crippen molar-refractivity contribution in [3.05, 3.63) is 64.5 Å². The second-order valence-corrected chi connectivity index (χ2v) is 5.31. The van der Waals surface area contributed by atoms with Gasteiger partial charge in [-0.05, 0) is 18.2 Å². The molecule has 0 fully saturated rings. The molecule has 2 aromatic carbocycles. The molecule has 1 aromatic heterocycles. The number of nitro groups is 1. The highest BCUT2D eigenvalue weighted by Crippen LogP contribution is 2.31. The minimum Gasteiger partial charge on any atom is -0.493 e. The normalized spacial score (nSPS) is 10.3. The summed E-state index contributed by atoms with van der Waals surface area (Å²) in [6.07, 6.45) is 0. The molecule has 0 amide bonds. The smallest absolute Gasteiger partial charge is 0.273 e. The van der Waals surface area contributed by atoms with E-state index < -0.39 is 4.92 Å². The number of nitrogens with two attached hydrogens (primary N) is 1. The predicted molar refractivity (Wildman–Crippen MR) is 97.9 cm³/mol. The van der Waals surface area contributed by atoms with Crippen molar-refractivity contribution in [3.8, 4) is 11.5 Å². The SMILES string of the molecule is COc1ccc([N+](=O)[O-])cc1OCc1nc(N)nc(Nc2ccccc2)n1. The molecule has 1 heterocycles. The van der Waals surface area contributed by atoms with E-state index in [-0.39, 0.29) is 35.8 Å². The Labute approximate surface area is 154 Å². The van der Waals surface area contributed by atoms with Crippen LogP contribution in [-0.4, -0.2) is 27.0 Å². The Kier molecular flexibility index (Phi) is 5.26. The standard InChI is InChI=1S/C17H16N6O4/c1-26-13-8-7-12(23(24)25)9-14(13)27-10-15-20-16(18)22-17(21-15)19-11-5-3-2-4-6-11/h2-9H,10H2,1H3,(H3,18,19,20,21,22). The maximum atomic E-state index is 10.9. The molecule has 3 aromatic rings. The van der Waals surface area contributed by atoms with Gasteiger partial charge in [-0.2, -0.15) is 15.0 Å². The summed E-state index contributed by atoms with van der Waals surface area (Å²) in [5.74, 6) is 1.09. The molecule has 27 heavy (non-hydrogen) atoms. The average Bonchev–Trinajstić information content (AvgIpc) is 2.66. The summed E-state index contributed by atoms with van der Waals surface area (Å²) in [4.78, 5) is 22.7. The topological polar surface area (TPSA) is 138 Å². The molecule has 3 N–H and O–H groups in total. The van der Waals surface area contributed by atoms with Crippen molar-refractivity contribution in [2.45, 2.75) is 6.61 Å². The van der Waals surface area contributed by atoms with Crippen LogP contribution in [0.1, 0.15) is 5.82 Å². The first-order valence-corrected chi connectivity index (χ1v) is 7.83. The van der Waals surface area contributed by atoms with Gasteiger partial charge in [-0.15, -0.1) is 0 Å². The number of aromatic nitrogens is 3. The third-order valence-electron chi connectivity index (χ3n) is 3.44. The van der Waals surface area contributed by atoms with E-state index in [9.17, 15) is 10.1 Å². The number of benzene rings is 2. The molecule has 0 unspecified atom stereocenters. The molecular formula is C17H16N6O4. The van der Waals surface area contributed by atoms with E-state index in [4.69, 9.17) is 15.2 Å². The quantitative estimate of drug-likeness (QED) is 0.476. The van der Waals surface area contributed by atoms with Crippen LogP contribution in [0, 0.1) is 10.1 Å². The van der Waals surface area contributed by atoms with Gasteiger partial charge in [0.05, 0.1) is 18.1 Å². The van der Waals surface area contributed by atoms with Gasteiger partial charge in [0.25, 0.3) is 5.69 Å². The van der Waals surface area contributed by atoms with Crippen molar-refractivity contribution < 1.29 is 14.4 Å². The fourth-order valence-corrected chi connectivity index (χ4v) is 2.24. The largest absolute Gasteiger partial charge is 0.493 e. The number of para-hydroxylation sites is 1. The summed E-state index contributed by atoms with van der Waals surface area (Å²) in [6.45, 7) is -0.0757. The lowest BCUT2D eigenvalue weighted by Gasteiger charge is -2.11. The predicted octanol–water partition coefficient (Wildman–Crippen LogP) is 2.69. The number of nitrogen functional groups attached to an aromatic ring is 1. The zero-order chi connectivity index (χ0) is 19.2. The monoisotopic (exact) mass is 368 g/mol. The summed E-state index contributed by atoms with van der Waals surface area (Å²) < 4.78 is 10.8. The Morgan fingerprint density at radius 1 is 1.11 bits per heavy atom. The summed E-state index contributed by atoms with van der Waals surface area (Å²) in [5.41, 5.74) is 6.40. The number of nitrogens with zero attached hydrogens (tertiary/aromatic N) is 4. The van der Waals surface area contributed by atoms with Gasteiger partial charge in [0.15, 0.2) is 17.3 Å². The highest BCUT2D eigenvalue weighted by atomic mass is 16.6. The van der Waals surface area contributed by atoms with E-state index in [0.717, 1.165) is 5.69 Å². The van der Waals surface area contributed by atoms with Crippen LogP contribution < -0.4 is 20.5 Å². The number of ether oxygens (including phenoxy) is 2. The van der Waals surface area contributed by atoms with Crippen LogP contribution in [-0.2, 0) is 6.61 Å².